The van der Waals surface area contributed by atoms with E-state index in [1.54, 1.807) is 19.2 Å². The van der Waals surface area contributed by atoms with Gasteiger partial charge in [-0.1, -0.05) is 6.92 Å². The molecule has 4 rings (SSSR count). The minimum Gasteiger partial charge on any atom is -0.345 e. The van der Waals surface area contributed by atoms with E-state index in [0.717, 1.165) is 43.6 Å². The Hall–Kier alpha value is -2.85. The predicted molar refractivity (Wildman–Crippen MR) is 118 cm³/mol. The van der Waals surface area contributed by atoms with Crippen molar-refractivity contribution in [3.05, 3.63) is 58.9 Å². The van der Waals surface area contributed by atoms with Gasteiger partial charge in [0.05, 0.1) is 17.0 Å². The molecule has 10 heteroatoms. The first-order valence-electron chi connectivity index (χ1n) is 10.5. The summed E-state index contributed by atoms with van der Waals surface area (Å²) in [6, 6.07) is 3.65. The minimum absolute atomic E-state index is 0.0714. The minimum atomic E-state index is -3.81. The highest BCUT2D eigenvalue weighted by atomic mass is 32.2. The Kier molecular flexibility index (Phi) is 6.25. The molecule has 1 aromatic carbocycles. The Morgan fingerprint density at radius 3 is 2.72 bits per heavy atom. The van der Waals surface area contributed by atoms with Crippen LogP contribution in [0.4, 0.5) is 14.5 Å². The summed E-state index contributed by atoms with van der Waals surface area (Å²) in [7, 11) is -3.81. The number of fused-ring (bicyclic) bond motifs is 1. The lowest BCUT2D eigenvalue weighted by molar-refractivity contribution is 0.103. The molecule has 3 aromatic rings. The lowest BCUT2D eigenvalue weighted by atomic mass is 10.0. The molecule has 0 saturated carbocycles. The van der Waals surface area contributed by atoms with Crippen LogP contribution in [0.15, 0.2) is 30.6 Å². The molecular weight excluding hydrogens is 438 g/mol. The van der Waals surface area contributed by atoms with E-state index in [-0.39, 0.29) is 11.3 Å². The van der Waals surface area contributed by atoms with Crippen molar-refractivity contribution in [1.29, 1.82) is 0 Å². The number of aromatic nitrogens is 2. The van der Waals surface area contributed by atoms with E-state index in [0.29, 0.717) is 24.0 Å². The van der Waals surface area contributed by atoms with E-state index in [4.69, 9.17) is 0 Å². The normalized spacial score (nSPS) is 14.8. The summed E-state index contributed by atoms with van der Waals surface area (Å²) in [6.45, 7) is 4.33. The van der Waals surface area contributed by atoms with Gasteiger partial charge in [-0.25, -0.2) is 22.2 Å². The molecule has 0 amide bonds. The average Bonchev–Trinajstić information content (AvgIpc) is 3.39. The van der Waals surface area contributed by atoms with Crippen molar-refractivity contribution in [1.82, 2.24) is 14.9 Å². The number of nitrogens with one attached hydrogen (secondary N) is 2. The summed E-state index contributed by atoms with van der Waals surface area (Å²) >= 11 is 0. The average molecular weight is 463 g/mol. The molecule has 1 aliphatic heterocycles. The van der Waals surface area contributed by atoms with E-state index in [2.05, 4.69) is 19.6 Å². The van der Waals surface area contributed by atoms with Gasteiger partial charge in [0.25, 0.3) is 0 Å². The molecule has 0 spiro atoms. The molecule has 0 unspecified atom stereocenters. The van der Waals surface area contributed by atoms with Crippen LogP contribution in [0.25, 0.3) is 11.0 Å². The van der Waals surface area contributed by atoms with E-state index in [9.17, 15) is 17.6 Å². The van der Waals surface area contributed by atoms with Crippen LogP contribution in [0, 0.1) is 11.6 Å². The Balaban J connectivity index is 1.70. The van der Waals surface area contributed by atoms with Gasteiger partial charge in [0.1, 0.15) is 11.5 Å². The molecule has 7 nitrogen and oxygen atoms in total. The number of hydrogen-bond donors (Lipinski definition) is 2. The highest BCUT2D eigenvalue weighted by Gasteiger charge is 2.26. The maximum Gasteiger partial charge on any atom is 0.232 e. The number of sulfonamides is 1. The zero-order chi connectivity index (χ0) is 22.9. The topological polar surface area (TPSA) is 95.2 Å². The molecule has 3 heterocycles. The maximum atomic E-state index is 15.1. The first-order valence-corrected chi connectivity index (χ1v) is 12.2. The highest BCUT2D eigenvalue weighted by molar-refractivity contribution is 7.92. The Morgan fingerprint density at radius 1 is 1.25 bits per heavy atom. The number of benzene rings is 1. The number of hydrogen-bond acceptors (Lipinski definition) is 5. The zero-order valence-electron chi connectivity index (χ0n) is 17.6. The van der Waals surface area contributed by atoms with Gasteiger partial charge in [0.15, 0.2) is 5.82 Å². The number of pyridine rings is 1. The summed E-state index contributed by atoms with van der Waals surface area (Å²) in [5, 5.41) is 0.461. The van der Waals surface area contributed by atoms with Crippen molar-refractivity contribution in [2.75, 3.05) is 23.6 Å². The summed E-state index contributed by atoms with van der Waals surface area (Å²) < 4.78 is 55.8. The Labute approximate surface area is 184 Å². The van der Waals surface area contributed by atoms with Crippen LogP contribution < -0.4 is 4.72 Å². The number of halogens is 2. The summed E-state index contributed by atoms with van der Waals surface area (Å²) in [5.74, 6) is -3.42. The monoisotopic (exact) mass is 462 g/mol. The van der Waals surface area contributed by atoms with Crippen LogP contribution in [-0.4, -0.2) is 47.9 Å². The van der Waals surface area contributed by atoms with E-state index in [1.165, 1.54) is 6.20 Å². The molecule has 0 atom stereocenters. The molecular formula is C22H24F2N4O3S. The Bertz CT molecular complexity index is 1270. The first-order chi connectivity index (χ1) is 15.3. The fourth-order valence-electron chi connectivity index (χ4n) is 3.98. The SMILES string of the molecule is CCCS(=O)(=O)Nc1ccc(F)c(C(=O)c2c[nH]c3ncc(CN4CCCC4)cc23)c1F. The third-order valence-electron chi connectivity index (χ3n) is 5.49. The highest BCUT2D eigenvalue weighted by Crippen LogP contribution is 2.28. The molecule has 1 aliphatic rings. The lowest BCUT2D eigenvalue weighted by Gasteiger charge is -2.14. The smallest absolute Gasteiger partial charge is 0.232 e. The van der Waals surface area contributed by atoms with Crippen molar-refractivity contribution >= 4 is 32.5 Å². The fraction of sp³-hybridized carbons (Fsp3) is 0.364. The zero-order valence-corrected chi connectivity index (χ0v) is 18.4. The van der Waals surface area contributed by atoms with Crippen molar-refractivity contribution in [2.45, 2.75) is 32.7 Å². The summed E-state index contributed by atoms with van der Waals surface area (Å²) in [4.78, 5) is 22.6. The number of likely N-dealkylation sites (tertiary alicyclic amines) is 1. The molecule has 1 fully saturated rings. The number of carbonyl (C=O) groups is 1. The number of nitrogens with zero attached hydrogens (tertiary/aromatic N) is 2. The van der Waals surface area contributed by atoms with Crippen LogP contribution in [0.3, 0.4) is 0 Å². The van der Waals surface area contributed by atoms with Gasteiger partial charge in [-0.05, 0) is 56.1 Å². The van der Waals surface area contributed by atoms with Crippen LogP contribution in [0.5, 0.6) is 0 Å². The second-order valence-corrected chi connectivity index (χ2v) is 9.80. The van der Waals surface area contributed by atoms with Gasteiger partial charge in [0, 0.05) is 29.9 Å². The van der Waals surface area contributed by atoms with Crippen LogP contribution in [0.2, 0.25) is 0 Å². The summed E-state index contributed by atoms with van der Waals surface area (Å²) in [6.07, 6.45) is 5.69. The number of anilines is 1. The fourth-order valence-corrected chi connectivity index (χ4v) is 5.11. The lowest BCUT2D eigenvalue weighted by Crippen LogP contribution is -2.19. The van der Waals surface area contributed by atoms with Crippen molar-refractivity contribution in [2.24, 2.45) is 0 Å². The van der Waals surface area contributed by atoms with E-state index in [1.807, 2.05) is 0 Å². The van der Waals surface area contributed by atoms with Gasteiger partial charge in [-0.2, -0.15) is 0 Å². The molecule has 2 aromatic heterocycles. The standard InChI is InChI=1S/C22H24F2N4O3S/c1-2-9-32(30,31)27-18-6-5-17(23)19(20(18)24)21(29)16-12-26-22-15(16)10-14(11-25-22)13-28-7-3-4-8-28/h5-6,10-12,27H,2-4,7-9,13H2,1H3,(H,25,26). The first kappa shape index (κ1) is 22.3. The van der Waals surface area contributed by atoms with Crippen molar-refractivity contribution < 1.29 is 22.0 Å². The molecule has 170 valence electrons. The van der Waals surface area contributed by atoms with Gasteiger partial charge in [-0.15, -0.1) is 0 Å². The van der Waals surface area contributed by atoms with E-state index < -0.39 is 38.7 Å². The molecule has 32 heavy (non-hydrogen) atoms. The van der Waals surface area contributed by atoms with Crippen molar-refractivity contribution in [3.63, 3.8) is 0 Å². The molecule has 2 N–H and O–H groups in total. The third kappa shape index (κ3) is 4.51. The number of rotatable bonds is 8. The van der Waals surface area contributed by atoms with Crippen LogP contribution in [-0.2, 0) is 16.6 Å². The second-order valence-electron chi connectivity index (χ2n) is 7.96. The number of carbonyl (C=O) groups excluding carboxylic acids is 1. The van der Waals surface area contributed by atoms with E-state index >= 15 is 4.39 Å². The predicted octanol–water partition coefficient (Wildman–Crippen LogP) is 3.82. The number of H-pyrrole nitrogens is 1. The second kappa shape index (κ2) is 8.95. The van der Waals surface area contributed by atoms with Gasteiger partial charge in [-0.3, -0.25) is 14.4 Å². The largest absolute Gasteiger partial charge is 0.345 e. The number of aromatic amines is 1. The van der Waals surface area contributed by atoms with Crippen LogP contribution in [0.1, 0.15) is 47.7 Å². The molecule has 0 radical (unpaired) electrons. The quantitative estimate of drug-likeness (QED) is 0.496. The van der Waals surface area contributed by atoms with Gasteiger partial charge >= 0.3 is 0 Å². The van der Waals surface area contributed by atoms with Crippen LogP contribution >= 0.6 is 0 Å². The molecule has 0 aliphatic carbocycles. The van der Waals surface area contributed by atoms with Gasteiger partial charge in [0.2, 0.25) is 15.8 Å². The van der Waals surface area contributed by atoms with Crippen molar-refractivity contribution in [3.8, 4) is 0 Å². The number of ketones is 1. The molecule has 1 saturated heterocycles. The summed E-state index contributed by atoms with van der Waals surface area (Å²) in [5.41, 5.74) is 0.125. The van der Waals surface area contributed by atoms with Gasteiger partial charge < -0.3 is 4.98 Å². The Morgan fingerprint density at radius 2 is 2.00 bits per heavy atom. The third-order valence-corrected chi connectivity index (χ3v) is 6.97. The maximum absolute atomic E-state index is 15.1. The molecule has 0 bridgehead atoms.